The maximum absolute atomic E-state index is 14.6. The molecular formula is C48H58F2N9O5-. The number of imide groups is 1. The number of piperidine rings is 2. The van der Waals surface area contributed by atoms with Crippen LogP contribution in [0.3, 0.4) is 0 Å². The molecule has 340 valence electrons. The number of hydrogen-bond acceptors (Lipinski definition) is 9. The average molecular weight is 879 g/mol. The summed E-state index contributed by atoms with van der Waals surface area (Å²) in [4.78, 5) is 57.6. The third kappa shape index (κ3) is 9.54. The lowest BCUT2D eigenvalue weighted by Gasteiger charge is -2.39. The molecule has 3 aromatic rings. The Hall–Kier alpha value is -5.71. The first-order valence-corrected chi connectivity index (χ1v) is 22.5. The van der Waals surface area contributed by atoms with Crippen molar-refractivity contribution in [1.82, 2.24) is 30.7 Å². The average Bonchev–Trinajstić information content (AvgIpc) is 3.63. The number of likely N-dealkylation sites (N-methyl/N-ethyl adjacent to an activating group) is 1. The number of nitrogens with zero attached hydrogens (tertiary/aromatic N) is 4. The number of rotatable bonds is 14. The van der Waals surface area contributed by atoms with Gasteiger partial charge in [-0.05, 0) is 85.5 Å². The van der Waals surface area contributed by atoms with E-state index in [9.17, 15) is 33.4 Å². The summed E-state index contributed by atoms with van der Waals surface area (Å²) in [6.45, 7) is 6.39. The largest absolute Gasteiger partial charge is 0.677 e. The number of hydrogen-bond donors (Lipinski definition) is 4. The maximum Gasteiger partial charge on any atom is 0.264 e. The Labute approximate surface area is 373 Å². The monoisotopic (exact) mass is 878 g/mol. The van der Waals surface area contributed by atoms with Crippen molar-refractivity contribution in [2.24, 2.45) is 0 Å². The molecule has 5 heterocycles. The zero-order chi connectivity index (χ0) is 45.1. The quantitative estimate of drug-likeness (QED) is 0.0886. The van der Waals surface area contributed by atoms with Crippen LogP contribution in [-0.4, -0.2) is 109 Å². The molecule has 2 fully saturated rings. The second-order valence-electron chi connectivity index (χ2n) is 17.6. The Morgan fingerprint density at radius 1 is 0.953 bits per heavy atom. The Morgan fingerprint density at radius 2 is 1.72 bits per heavy atom. The molecule has 3 aromatic carbocycles. The van der Waals surface area contributed by atoms with Gasteiger partial charge < -0.3 is 35.8 Å². The number of likely N-dealkylation sites (tertiary alicyclic amines) is 1. The highest BCUT2D eigenvalue weighted by molar-refractivity contribution is 6.09. The summed E-state index contributed by atoms with van der Waals surface area (Å²) in [5.74, 6) is -0.598. The van der Waals surface area contributed by atoms with Gasteiger partial charge in [-0.1, -0.05) is 36.4 Å². The lowest BCUT2D eigenvalue weighted by atomic mass is 9.88. The van der Waals surface area contributed by atoms with E-state index in [2.05, 4.69) is 45.1 Å². The van der Waals surface area contributed by atoms with E-state index in [1.54, 1.807) is 30.1 Å². The number of benzene rings is 3. The van der Waals surface area contributed by atoms with Crippen LogP contribution in [0.1, 0.15) is 102 Å². The minimum atomic E-state index is -2.71. The Bertz CT molecular complexity index is 2310. The molecule has 5 aliphatic heterocycles. The van der Waals surface area contributed by atoms with Crippen LogP contribution in [0.25, 0.3) is 5.73 Å². The van der Waals surface area contributed by atoms with E-state index in [1.165, 1.54) is 17.4 Å². The summed E-state index contributed by atoms with van der Waals surface area (Å²) in [7, 11) is 1.76. The summed E-state index contributed by atoms with van der Waals surface area (Å²) in [6.07, 6.45) is 1.62. The van der Waals surface area contributed by atoms with Gasteiger partial charge >= 0.3 is 0 Å². The number of halogens is 2. The predicted molar refractivity (Wildman–Crippen MR) is 239 cm³/mol. The van der Waals surface area contributed by atoms with Gasteiger partial charge in [-0.15, -0.1) is 6.54 Å². The second-order valence-corrected chi connectivity index (χ2v) is 17.6. The van der Waals surface area contributed by atoms with Crippen LogP contribution in [0.15, 0.2) is 65.9 Å². The molecule has 0 saturated carbocycles. The van der Waals surface area contributed by atoms with E-state index < -0.39 is 18.4 Å². The van der Waals surface area contributed by atoms with Gasteiger partial charge in [-0.25, -0.2) is 8.78 Å². The number of amides is 4. The molecule has 0 aromatic heterocycles. The third-order valence-corrected chi connectivity index (χ3v) is 13.4. The fraction of sp³-hybridized carbons (Fsp3) is 0.479. The summed E-state index contributed by atoms with van der Waals surface area (Å²) >= 11 is 0. The van der Waals surface area contributed by atoms with E-state index in [0.29, 0.717) is 68.1 Å². The predicted octanol–water partition coefficient (Wildman–Crippen LogP) is 5.81. The van der Waals surface area contributed by atoms with Gasteiger partial charge in [0.2, 0.25) is 17.7 Å². The van der Waals surface area contributed by atoms with E-state index in [4.69, 9.17) is 10.5 Å². The Kier molecular flexibility index (Phi) is 13.7. The normalized spacial score (nSPS) is 20.1. The van der Waals surface area contributed by atoms with Crippen molar-refractivity contribution in [2.45, 2.75) is 96.0 Å². The number of alkyl halides is 2. The molecular weight excluding hydrogens is 821 g/mol. The van der Waals surface area contributed by atoms with Gasteiger partial charge in [0.15, 0.2) is 0 Å². The standard InChI is InChI=1S/C48H58F2N9O5/c1-29(60)57-20-16-40(39(26-57)46(52)58-17-4-5-32-21-36(33(23-51)24-53-2)37(45(49)50)22-42(32)58)54-34-14-18-56(19-15-34)25-30-8-10-31(11-9-30)28-64-43-7-3-6-35-38(43)27-59(48(35)63)41-12-13-44(61)55-47(41)62/h3,6-11,21-22,33-34,41,45,51-54H,4-5,12-20,23-28H2,1-2H3,(H,55,61,62)/q-1. The highest BCUT2D eigenvalue weighted by atomic mass is 19.3. The van der Waals surface area contributed by atoms with Gasteiger partial charge in [0, 0.05) is 98.7 Å². The molecule has 2 saturated heterocycles. The number of carbonyl (C=O) groups is 4. The van der Waals surface area contributed by atoms with Crippen LogP contribution in [-0.2, 0) is 40.5 Å². The zero-order valence-corrected chi connectivity index (χ0v) is 36.6. The molecule has 8 rings (SSSR count). The van der Waals surface area contributed by atoms with Gasteiger partial charge in [-0.2, -0.15) is 0 Å². The molecule has 2 atom stereocenters. The molecule has 14 nitrogen and oxygen atoms in total. The topological polar surface area (TPSA) is 174 Å². The second kappa shape index (κ2) is 19.6. The van der Waals surface area contributed by atoms with E-state index >= 15 is 0 Å². The number of anilines is 1. The molecule has 5 aliphatic rings. The van der Waals surface area contributed by atoms with Crippen molar-refractivity contribution in [3.63, 3.8) is 0 Å². The van der Waals surface area contributed by atoms with E-state index in [-0.39, 0.29) is 67.1 Å². The smallest absolute Gasteiger partial charge is 0.264 e. The summed E-state index contributed by atoms with van der Waals surface area (Å²) < 4.78 is 35.4. The molecule has 4 amide bonds. The molecule has 2 unspecified atom stereocenters. The molecule has 0 spiro atoms. The van der Waals surface area contributed by atoms with Crippen molar-refractivity contribution >= 4 is 35.2 Å². The first kappa shape index (κ1) is 44.9. The highest BCUT2D eigenvalue weighted by Gasteiger charge is 2.40. The minimum absolute atomic E-state index is 0.00804. The van der Waals surface area contributed by atoms with Crippen LogP contribution < -0.4 is 25.6 Å². The number of aryl methyl sites for hydroxylation is 1. The Balaban J connectivity index is 0.881. The highest BCUT2D eigenvalue weighted by Crippen LogP contribution is 2.39. The number of nitrogens with one attached hydrogen (secondary N) is 5. The van der Waals surface area contributed by atoms with Gasteiger partial charge in [-0.3, -0.25) is 34.8 Å². The van der Waals surface area contributed by atoms with Crippen molar-refractivity contribution in [3.8, 4) is 5.75 Å². The van der Waals surface area contributed by atoms with Crippen LogP contribution in [0.4, 0.5) is 14.5 Å². The molecule has 64 heavy (non-hydrogen) atoms. The van der Waals surface area contributed by atoms with Crippen molar-refractivity contribution in [3.05, 3.63) is 111 Å². The fourth-order valence-corrected chi connectivity index (χ4v) is 9.89. The van der Waals surface area contributed by atoms with Crippen molar-refractivity contribution < 1.29 is 32.7 Å². The first-order valence-electron chi connectivity index (χ1n) is 22.5. The van der Waals surface area contributed by atoms with Crippen molar-refractivity contribution in [2.75, 3.05) is 57.8 Å². The van der Waals surface area contributed by atoms with Gasteiger partial charge in [0.1, 0.15) is 24.2 Å². The summed E-state index contributed by atoms with van der Waals surface area (Å²) in [6, 6.07) is 16.6. The SMILES string of the molecule is CNCC(C[NH-])c1cc2c(cc1C(F)F)N(C(=N)C1=C(NC3CCN(Cc4ccc(COc5cccc6c5CN(C5CCC(=O)NC5=O)C6=O)cc4)CC3)CCN(C(C)=O)C1)CCC2. The molecule has 16 heteroatoms. The molecule has 5 N–H and O–H groups in total. The van der Waals surface area contributed by atoms with Crippen LogP contribution >= 0.6 is 0 Å². The van der Waals surface area contributed by atoms with E-state index in [1.807, 2.05) is 17.0 Å². The number of carbonyl (C=O) groups excluding carboxylic acids is 4. The minimum Gasteiger partial charge on any atom is -0.677 e. The Morgan fingerprint density at radius 3 is 2.42 bits per heavy atom. The third-order valence-electron chi connectivity index (χ3n) is 13.4. The van der Waals surface area contributed by atoms with Crippen molar-refractivity contribution in [1.29, 1.82) is 5.41 Å². The summed E-state index contributed by atoms with van der Waals surface area (Å²) in [5.41, 5.74) is 15.1. The fourth-order valence-electron chi connectivity index (χ4n) is 9.89. The van der Waals surface area contributed by atoms with E-state index in [0.717, 1.165) is 66.9 Å². The maximum atomic E-state index is 14.6. The number of ether oxygens (including phenoxy) is 1. The summed E-state index contributed by atoms with van der Waals surface area (Å²) in [5, 5.41) is 18.7. The number of amidine groups is 1. The van der Waals surface area contributed by atoms with Crippen LogP contribution in [0.5, 0.6) is 5.75 Å². The number of fused-ring (bicyclic) bond motifs is 2. The first-order chi connectivity index (χ1) is 30.9. The molecule has 0 aliphatic carbocycles. The van der Waals surface area contributed by atoms with Crippen LogP contribution in [0.2, 0.25) is 0 Å². The van der Waals surface area contributed by atoms with Crippen LogP contribution in [0, 0.1) is 5.41 Å². The zero-order valence-electron chi connectivity index (χ0n) is 36.6. The lowest BCUT2D eigenvalue weighted by Crippen LogP contribution is -2.52. The molecule has 0 bridgehead atoms. The van der Waals surface area contributed by atoms with Gasteiger partial charge in [0.05, 0.1) is 13.1 Å². The molecule has 0 radical (unpaired) electrons. The van der Waals surface area contributed by atoms with Gasteiger partial charge in [0.25, 0.3) is 12.3 Å². The lowest BCUT2D eigenvalue weighted by molar-refractivity contribution is -0.137.